The van der Waals surface area contributed by atoms with Gasteiger partial charge in [-0.1, -0.05) is 48.0 Å². The smallest absolute Gasteiger partial charge is 0.264 e. The molecule has 0 radical (unpaired) electrons. The number of amides is 1. The topological polar surface area (TPSA) is 66.8 Å². The monoisotopic (exact) mass is 521 g/mol. The lowest BCUT2D eigenvalue weighted by atomic mass is 9.88. The van der Waals surface area contributed by atoms with Gasteiger partial charge in [0.1, 0.15) is 5.75 Å². The maximum Gasteiger partial charge on any atom is 0.264 e. The third-order valence-electron chi connectivity index (χ3n) is 6.49. The Balaban J connectivity index is 1.70. The van der Waals surface area contributed by atoms with E-state index < -0.39 is 11.5 Å². The van der Waals surface area contributed by atoms with Crippen molar-refractivity contribution < 1.29 is 19.4 Å². The summed E-state index contributed by atoms with van der Waals surface area (Å²) in [5.41, 5.74) is 2.80. The van der Waals surface area contributed by atoms with Crippen molar-refractivity contribution in [2.24, 2.45) is 0 Å². The van der Waals surface area contributed by atoms with Crippen LogP contribution in [0.1, 0.15) is 58.8 Å². The molecular weight excluding hydrogens is 494 g/mol. The fourth-order valence-electron chi connectivity index (χ4n) is 4.35. The highest BCUT2D eigenvalue weighted by Crippen LogP contribution is 2.45. The van der Waals surface area contributed by atoms with E-state index >= 15 is 0 Å². The first-order valence-corrected chi connectivity index (χ1v) is 12.0. The van der Waals surface area contributed by atoms with Crippen LogP contribution < -0.4 is 9.64 Å². The normalized spacial score (nSPS) is 17.3. The first kappa shape index (κ1) is 24.2. The molecule has 1 amide bonds. The second-order valence-electron chi connectivity index (χ2n) is 9.08. The van der Waals surface area contributed by atoms with E-state index in [0.717, 1.165) is 15.6 Å². The number of ketones is 1. The lowest BCUT2D eigenvalue weighted by Gasteiger charge is -2.24. The van der Waals surface area contributed by atoms with Gasteiger partial charge in [0.25, 0.3) is 5.91 Å². The Bertz CT molecular complexity index is 1250. The summed E-state index contributed by atoms with van der Waals surface area (Å²) in [7, 11) is 1.55. The predicted molar refractivity (Wildman–Crippen MR) is 136 cm³/mol. The van der Waals surface area contributed by atoms with Gasteiger partial charge in [-0.05, 0) is 72.0 Å². The molecule has 176 valence electrons. The van der Waals surface area contributed by atoms with Crippen molar-refractivity contribution in [1.82, 2.24) is 0 Å². The Kier molecular flexibility index (Phi) is 6.65. The molecule has 4 rings (SSSR count). The van der Waals surface area contributed by atoms with Crippen molar-refractivity contribution in [2.45, 2.75) is 45.3 Å². The van der Waals surface area contributed by atoms with E-state index in [2.05, 4.69) is 48.0 Å². The highest BCUT2D eigenvalue weighted by molar-refractivity contribution is 9.10. The number of nitrogens with zero attached hydrogens (tertiary/aromatic N) is 1. The highest BCUT2D eigenvalue weighted by atomic mass is 79.9. The molecule has 3 aromatic rings. The van der Waals surface area contributed by atoms with Gasteiger partial charge in [-0.2, -0.15) is 0 Å². The molecule has 0 unspecified atom stereocenters. The molecule has 0 spiro atoms. The van der Waals surface area contributed by atoms with Crippen LogP contribution in [-0.4, -0.2) is 23.9 Å². The molecule has 0 fully saturated rings. The largest absolute Gasteiger partial charge is 0.497 e. The number of methoxy groups -OCH3 is 1. The number of anilines is 1. The summed E-state index contributed by atoms with van der Waals surface area (Å²) in [5, 5.41) is 11.7. The molecule has 1 aliphatic heterocycles. The van der Waals surface area contributed by atoms with Gasteiger partial charge >= 0.3 is 0 Å². The number of fused-ring (bicyclic) bond motifs is 1. The number of Topliss-reactive ketones (excluding diaryl/α,β-unsaturated/α-hetero) is 1. The maximum atomic E-state index is 13.7. The predicted octanol–water partition coefficient (Wildman–Crippen LogP) is 5.90. The number of hydrogen-bond donors (Lipinski definition) is 1. The van der Waals surface area contributed by atoms with Gasteiger partial charge in [0, 0.05) is 15.6 Å². The third kappa shape index (κ3) is 4.40. The quantitative estimate of drug-likeness (QED) is 0.393. The molecule has 5 nitrogen and oxygen atoms in total. The van der Waals surface area contributed by atoms with Crippen LogP contribution in [0.4, 0.5) is 5.69 Å². The van der Waals surface area contributed by atoms with Gasteiger partial charge in [-0.3, -0.25) is 9.59 Å². The van der Waals surface area contributed by atoms with Gasteiger partial charge in [0.15, 0.2) is 11.4 Å². The van der Waals surface area contributed by atoms with E-state index in [1.54, 1.807) is 42.3 Å². The fourth-order valence-corrected chi connectivity index (χ4v) is 4.71. The van der Waals surface area contributed by atoms with Crippen LogP contribution in [-0.2, 0) is 16.9 Å². The SMILES string of the molecule is COc1ccc(C(=O)C[C@]2(O)C(=O)N(Cc3cc(C(C)C)ccc3C)c3ccc(Br)cc32)cc1. The molecular formula is C28H28BrNO4. The van der Waals surface area contributed by atoms with Crippen molar-refractivity contribution in [3.63, 3.8) is 0 Å². The van der Waals surface area contributed by atoms with E-state index in [-0.39, 0.29) is 12.2 Å². The molecule has 1 N–H and O–H groups in total. The molecule has 1 aliphatic rings. The number of halogens is 1. The number of carbonyl (C=O) groups excluding carboxylic acids is 2. The summed E-state index contributed by atoms with van der Waals surface area (Å²) in [6.07, 6.45) is -0.344. The van der Waals surface area contributed by atoms with Crippen LogP contribution in [0.2, 0.25) is 0 Å². The Morgan fingerprint density at radius 2 is 1.79 bits per heavy atom. The number of aryl methyl sites for hydroxylation is 1. The summed E-state index contributed by atoms with van der Waals surface area (Å²) >= 11 is 3.45. The summed E-state index contributed by atoms with van der Waals surface area (Å²) in [6, 6.07) is 18.3. The van der Waals surface area contributed by atoms with Crippen molar-refractivity contribution in [2.75, 3.05) is 12.0 Å². The Hall–Kier alpha value is -2.96. The van der Waals surface area contributed by atoms with Crippen molar-refractivity contribution in [3.8, 4) is 5.75 Å². The van der Waals surface area contributed by atoms with Crippen molar-refractivity contribution in [1.29, 1.82) is 0 Å². The van der Waals surface area contributed by atoms with Gasteiger partial charge in [-0.15, -0.1) is 0 Å². The van der Waals surface area contributed by atoms with Crippen LogP contribution >= 0.6 is 15.9 Å². The van der Waals surface area contributed by atoms with Crippen LogP contribution in [0.5, 0.6) is 5.75 Å². The van der Waals surface area contributed by atoms with Crippen molar-refractivity contribution >= 4 is 33.3 Å². The van der Waals surface area contributed by atoms with E-state index in [9.17, 15) is 14.7 Å². The number of benzene rings is 3. The van der Waals surface area contributed by atoms with Gasteiger partial charge < -0.3 is 14.7 Å². The standard InChI is InChI=1S/C28H28BrNO4/c1-17(2)20-6-5-18(3)21(13-20)16-30-25-12-9-22(29)14-24(25)28(33,27(30)32)15-26(31)19-7-10-23(34-4)11-8-19/h5-14,17,33H,15-16H2,1-4H3/t28-/m1/s1. The average Bonchev–Trinajstić information content (AvgIpc) is 3.01. The molecule has 0 bridgehead atoms. The lowest BCUT2D eigenvalue weighted by Crippen LogP contribution is -2.41. The summed E-state index contributed by atoms with van der Waals surface area (Å²) in [6.45, 7) is 6.60. The van der Waals surface area contributed by atoms with Crippen LogP contribution in [0.15, 0.2) is 65.1 Å². The summed E-state index contributed by atoms with van der Waals surface area (Å²) < 4.78 is 5.89. The number of aliphatic hydroxyl groups is 1. The van der Waals surface area contributed by atoms with E-state index in [4.69, 9.17) is 4.74 Å². The van der Waals surface area contributed by atoms with E-state index in [0.29, 0.717) is 35.0 Å². The van der Waals surface area contributed by atoms with Gasteiger partial charge in [0.2, 0.25) is 0 Å². The molecule has 3 aromatic carbocycles. The van der Waals surface area contributed by atoms with Crippen LogP contribution in [0.25, 0.3) is 0 Å². The molecule has 0 aliphatic carbocycles. The van der Waals surface area contributed by atoms with Gasteiger partial charge in [0.05, 0.1) is 25.8 Å². The van der Waals surface area contributed by atoms with E-state index in [1.807, 2.05) is 19.1 Å². The number of hydrogen-bond acceptors (Lipinski definition) is 4. The lowest BCUT2D eigenvalue weighted by molar-refractivity contribution is -0.136. The minimum Gasteiger partial charge on any atom is -0.497 e. The first-order valence-electron chi connectivity index (χ1n) is 11.2. The number of carbonyl (C=O) groups is 2. The fraction of sp³-hybridized carbons (Fsp3) is 0.286. The van der Waals surface area contributed by atoms with Crippen LogP contribution in [0.3, 0.4) is 0 Å². The zero-order chi connectivity index (χ0) is 24.6. The molecule has 34 heavy (non-hydrogen) atoms. The third-order valence-corrected chi connectivity index (χ3v) is 6.98. The molecule has 1 atom stereocenters. The second kappa shape index (κ2) is 9.35. The summed E-state index contributed by atoms with van der Waals surface area (Å²) in [5.74, 6) is 0.184. The maximum absolute atomic E-state index is 13.7. The Labute approximate surface area is 208 Å². The van der Waals surface area contributed by atoms with Crippen molar-refractivity contribution in [3.05, 3.63) is 93.0 Å². The Morgan fingerprint density at radius 3 is 2.44 bits per heavy atom. The van der Waals surface area contributed by atoms with E-state index in [1.165, 1.54) is 5.56 Å². The van der Waals surface area contributed by atoms with Crippen LogP contribution in [0, 0.1) is 6.92 Å². The molecule has 1 heterocycles. The zero-order valence-electron chi connectivity index (χ0n) is 19.8. The minimum absolute atomic E-state index is 0.315. The zero-order valence-corrected chi connectivity index (χ0v) is 21.3. The Morgan fingerprint density at radius 1 is 1.09 bits per heavy atom. The first-order chi connectivity index (χ1) is 16.1. The summed E-state index contributed by atoms with van der Waals surface area (Å²) in [4.78, 5) is 28.4. The number of ether oxygens (including phenoxy) is 1. The van der Waals surface area contributed by atoms with Gasteiger partial charge in [-0.25, -0.2) is 0 Å². The second-order valence-corrected chi connectivity index (χ2v) is 10.00. The number of rotatable bonds is 7. The molecule has 0 aromatic heterocycles. The average molecular weight is 522 g/mol. The minimum atomic E-state index is -1.94. The highest BCUT2D eigenvalue weighted by Gasteiger charge is 2.51. The molecule has 0 saturated heterocycles. The molecule has 0 saturated carbocycles. The molecule has 6 heteroatoms.